The first-order chi connectivity index (χ1) is 9.86. The molecule has 2 unspecified atom stereocenters. The van der Waals surface area contributed by atoms with Gasteiger partial charge in [0.2, 0.25) is 0 Å². The molecule has 6 nitrogen and oxygen atoms in total. The first-order valence-electron chi connectivity index (χ1n) is 7.11. The standard InChI is InChI=1S/C14H20N4O2S/c1-9-11-7-10(8-15-14(11)18(2)17-9)16-12-5-4-6-13(12)21(3,19)20/h7-8,12-13,16H,4-6H2,1-3H3. The predicted octanol–water partition coefficient (Wildman–Crippen LogP) is 1.65. The number of pyridine rings is 1. The van der Waals surface area contributed by atoms with E-state index >= 15 is 0 Å². The van der Waals surface area contributed by atoms with E-state index in [1.54, 1.807) is 10.9 Å². The maximum absolute atomic E-state index is 11.8. The maximum Gasteiger partial charge on any atom is 0.157 e. The van der Waals surface area contributed by atoms with Gasteiger partial charge in [0, 0.05) is 24.7 Å². The number of hydrogen-bond donors (Lipinski definition) is 1. The van der Waals surface area contributed by atoms with Crippen molar-refractivity contribution in [2.75, 3.05) is 11.6 Å². The Hall–Kier alpha value is -1.63. The van der Waals surface area contributed by atoms with Gasteiger partial charge in [-0.15, -0.1) is 0 Å². The summed E-state index contributed by atoms with van der Waals surface area (Å²) in [6.07, 6.45) is 5.63. The lowest BCUT2D eigenvalue weighted by Crippen LogP contribution is -2.34. The van der Waals surface area contributed by atoms with Crippen LogP contribution in [0.15, 0.2) is 12.3 Å². The number of sulfone groups is 1. The SMILES string of the molecule is Cc1nn(C)c2ncc(NC3CCCC3S(C)(=O)=O)cc12. The van der Waals surface area contributed by atoms with Crippen molar-refractivity contribution in [2.24, 2.45) is 7.05 Å². The van der Waals surface area contributed by atoms with Gasteiger partial charge in [-0.2, -0.15) is 5.10 Å². The number of nitrogens with zero attached hydrogens (tertiary/aromatic N) is 3. The second-order valence-corrected chi connectivity index (χ2v) is 8.12. The van der Waals surface area contributed by atoms with Crippen LogP contribution in [0.3, 0.4) is 0 Å². The molecule has 2 aromatic rings. The lowest BCUT2D eigenvalue weighted by atomic mass is 10.2. The molecular formula is C14H20N4O2S. The van der Waals surface area contributed by atoms with Crippen molar-refractivity contribution in [1.29, 1.82) is 0 Å². The topological polar surface area (TPSA) is 76.9 Å². The summed E-state index contributed by atoms with van der Waals surface area (Å²) in [6.45, 7) is 1.95. The van der Waals surface area contributed by atoms with Gasteiger partial charge in [0.05, 0.1) is 22.8 Å². The minimum Gasteiger partial charge on any atom is -0.380 e. The number of anilines is 1. The van der Waals surface area contributed by atoms with Crippen molar-refractivity contribution >= 4 is 26.6 Å². The molecule has 7 heteroatoms. The normalized spacial score (nSPS) is 22.8. The van der Waals surface area contributed by atoms with Crippen molar-refractivity contribution < 1.29 is 8.42 Å². The zero-order chi connectivity index (χ0) is 15.2. The average Bonchev–Trinajstić information content (AvgIpc) is 2.95. The van der Waals surface area contributed by atoms with E-state index in [-0.39, 0.29) is 11.3 Å². The number of fused-ring (bicyclic) bond motifs is 1. The van der Waals surface area contributed by atoms with Crippen LogP contribution in [0.5, 0.6) is 0 Å². The smallest absolute Gasteiger partial charge is 0.157 e. The molecule has 0 bridgehead atoms. The zero-order valence-electron chi connectivity index (χ0n) is 12.5. The van der Waals surface area contributed by atoms with Crippen LogP contribution in [-0.4, -0.2) is 40.7 Å². The Kier molecular flexibility index (Phi) is 3.39. The highest BCUT2D eigenvalue weighted by atomic mass is 32.2. The quantitative estimate of drug-likeness (QED) is 0.933. The van der Waals surface area contributed by atoms with Gasteiger partial charge >= 0.3 is 0 Å². The molecule has 0 radical (unpaired) electrons. The number of aryl methyl sites for hydroxylation is 2. The molecule has 0 saturated heterocycles. The maximum atomic E-state index is 11.8. The molecule has 1 aliphatic rings. The fourth-order valence-corrected chi connectivity index (χ4v) is 4.60. The Morgan fingerprint density at radius 3 is 2.86 bits per heavy atom. The Morgan fingerprint density at radius 1 is 1.38 bits per heavy atom. The molecule has 0 spiro atoms. The first-order valence-corrected chi connectivity index (χ1v) is 9.06. The molecule has 1 saturated carbocycles. The van der Waals surface area contributed by atoms with E-state index < -0.39 is 9.84 Å². The summed E-state index contributed by atoms with van der Waals surface area (Å²) >= 11 is 0. The van der Waals surface area contributed by atoms with E-state index in [9.17, 15) is 8.42 Å². The lowest BCUT2D eigenvalue weighted by molar-refractivity contribution is 0.579. The molecule has 2 aromatic heterocycles. The number of hydrogen-bond acceptors (Lipinski definition) is 5. The molecule has 1 aliphatic carbocycles. The Bertz CT molecular complexity index is 782. The van der Waals surface area contributed by atoms with Crippen molar-refractivity contribution in [3.8, 4) is 0 Å². The molecule has 0 aromatic carbocycles. The molecule has 2 atom stereocenters. The van der Waals surface area contributed by atoms with Gasteiger partial charge in [-0.3, -0.25) is 4.68 Å². The first kappa shape index (κ1) is 14.3. The van der Waals surface area contributed by atoms with Gasteiger partial charge < -0.3 is 5.32 Å². The number of nitrogens with one attached hydrogen (secondary N) is 1. The minimum absolute atomic E-state index is 0.0313. The zero-order valence-corrected chi connectivity index (χ0v) is 13.3. The van der Waals surface area contributed by atoms with E-state index in [0.717, 1.165) is 41.7 Å². The van der Waals surface area contributed by atoms with E-state index in [0.29, 0.717) is 0 Å². The van der Waals surface area contributed by atoms with Crippen LogP contribution >= 0.6 is 0 Å². The molecule has 0 aliphatic heterocycles. The van der Waals surface area contributed by atoms with Gasteiger partial charge in [-0.1, -0.05) is 0 Å². The molecular weight excluding hydrogens is 288 g/mol. The molecule has 2 heterocycles. The van der Waals surface area contributed by atoms with Crippen LogP contribution in [0.4, 0.5) is 5.69 Å². The van der Waals surface area contributed by atoms with Crippen molar-refractivity contribution in [3.63, 3.8) is 0 Å². The van der Waals surface area contributed by atoms with Crippen LogP contribution in [0.2, 0.25) is 0 Å². The molecule has 0 amide bonds. The number of aromatic nitrogens is 3. The van der Waals surface area contributed by atoms with Crippen LogP contribution in [0.25, 0.3) is 11.0 Å². The second kappa shape index (κ2) is 4.98. The summed E-state index contributed by atoms with van der Waals surface area (Å²) < 4.78 is 25.4. The summed E-state index contributed by atoms with van der Waals surface area (Å²) in [5.74, 6) is 0. The highest BCUT2D eigenvalue weighted by Crippen LogP contribution is 2.29. The van der Waals surface area contributed by atoms with E-state index in [1.807, 2.05) is 20.0 Å². The summed E-state index contributed by atoms with van der Waals surface area (Å²) in [5, 5.41) is 8.39. The summed E-state index contributed by atoms with van der Waals surface area (Å²) in [5.41, 5.74) is 2.62. The minimum atomic E-state index is -3.02. The van der Waals surface area contributed by atoms with E-state index in [2.05, 4.69) is 15.4 Å². The molecule has 3 rings (SSSR count). The third kappa shape index (κ3) is 2.62. The van der Waals surface area contributed by atoms with Crippen LogP contribution in [0, 0.1) is 6.92 Å². The highest BCUT2D eigenvalue weighted by Gasteiger charge is 2.34. The third-order valence-electron chi connectivity index (χ3n) is 4.22. The molecule has 1 fully saturated rings. The van der Waals surface area contributed by atoms with Crippen molar-refractivity contribution in [3.05, 3.63) is 18.0 Å². The Balaban J connectivity index is 1.90. The summed E-state index contributed by atoms with van der Waals surface area (Å²) in [7, 11) is -1.15. The fraction of sp³-hybridized carbons (Fsp3) is 0.571. The van der Waals surface area contributed by atoms with Crippen molar-refractivity contribution in [1.82, 2.24) is 14.8 Å². The fourth-order valence-electron chi connectivity index (χ4n) is 3.20. The van der Waals surface area contributed by atoms with Gasteiger partial charge in [0.15, 0.2) is 15.5 Å². The number of rotatable bonds is 3. The van der Waals surface area contributed by atoms with Crippen LogP contribution in [-0.2, 0) is 16.9 Å². The Morgan fingerprint density at radius 2 is 2.14 bits per heavy atom. The molecule has 21 heavy (non-hydrogen) atoms. The second-order valence-electron chi connectivity index (χ2n) is 5.85. The van der Waals surface area contributed by atoms with Gasteiger partial charge in [-0.25, -0.2) is 13.4 Å². The largest absolute Gasteiger partial charge is 0.380 e. The van der Waals surface area contributed by atoms with Crippen LogP contribution < -0.4 is 5.32 Å². The van der Waals surface area contributed by atoms with Gasteiger partial charge in [-0.05, 0) is 32.3 Å². The van der Waals surface area contributed by atoms with Crippen molar-refractivity contribution in [2.45, 2.75) is 37.5 Å². The molecule has 114 valence electrons. The lowest BCUT2D eigenvalue weighted by Gasteiger charge is -2.20. The summed E-state index contributed by atoms with van der Waals surface area (Å²) in [4.78, 5) is 4.42. The van der Waals surface area contributed by atoms with E-state index in [4.69, 9.17) is 0 Å². The average molecular weight is 308 g/mol. The third-order valence-corrected chi connectivity index (χ3v) is 5.88. The molecule has 1 N–H and O–H groups in total. The highest BCUT2D eigenvalue weighted by molar-refractivity contribution is 7.91. The van der Waals surface area contributed by atoms with Crippen LogP contribution in [0.1, 0.15) is 25.0 Å². The monoisotopic (exact) mass is 308 g/mol. The van der Waals surface area contributed by atoms with Gasteiger partial charge in [0.1, 0.15) is 0 Å². The Labute approximate surface area is 124 Å². The van der Waals surface area contributed by atoms with Gasteiger partial charge in [0.25, 0.3) is 0 Å². The van der Waals surface area contributed by atoms with E-state index in [1.165, 1.54) is 6.26 Å². The predicted molar refractivity (Wildman–Crippen MR) is 83.1 cm³/mol. The summed E-state index contributed by atoms with van der Waals surface area (Å²) in [6, 6.07) is 1.97.